The molecule has 0 aliphatic carbocycles. The quantitative estimate of drug-likeness (QED) is 0.544. The predicted molar refractivity (Wildman–Crippen MR) is 100 cm³/mol. The van der Waals surface area contributed by atoms with Crippen LogP contribution in [0.1, 0.15) is 27.0 Å². The predicted octanol–water partition coefficient (Wildman–Crippen LogP) is 4.88. The maximum atomic E-state index is 12.7. The normalized spacial score (nSPS) is 10.8. The molecule has 0 aliphatic rings. The fourth-order valence-electron chi connectivity index (χ4n) is 2.60. The third kappa shape index (κ3) is 3.97. The molecule has 0 atom stereocenters. The molecule has 0 radical (unpaired) electrons. The summed E-state index contributed by atoms with van der Waals surface area (Å²) in [6.07, 6.45) is 3.22. The molecule has 2 aromatic rings. The Bertz CT molecular complexity index is 825. The number of benzene rings is 2. The van der Waals surface area contributed by atoms with E-state index in [0.717, 1.165) is 11.1 Å². The Kier molecular flexibility index (Phi) is 6.10. The van der Waals surface area contributed by atoms with Crippen LogP contribution < -0.4 is 14.2 Å². The number of ether oxygens (including phenoxy) is 3. The minimum Gasteiger partial charge on any atom is -0.496 e. The van der Waals surface area contributed by atoms with Gasteiger partial charge >= 0.3 is 0 Å². The molecule has 2 rings (SSSR count). The first-order valence-corrected chi connectivity index (χ1v) is 8.08. The fourth-order valence-corrected chi connectivity index (χ4v) is 2.75. The van der Waals surface area contributed by atoms with E-state index in [-0.39, 0.29) is 5.78 Å². The Morgan fingerprint density at radius 1 is 0.960 bits per heavy atom. The number of halogens is 1. The Labute approximate surface area is 153 Å². The molecule has 0 bridgehead atoms. The number of ketones is 1. The van der Waals surface area contributed by atoms with Gasteiger partial charge in [-0.3, -0.25) is 4.79 Å². The molecule has 0 unspecified atom stereocenters. The summed E-state index contributed by atoms with van der Waals surface area (Å²) in [5.74, 6) is 1.57. The van der Waals surface area contributed by atoms with Gasteiger partial charge in [-0.15, -0.1) is 0 Å². The number of rotatable bonds is 6. The van der Waals surface area contributed by atoms with Gasteiger partial charge in [-0.1, -0.05) is 23.7 Å². The van der Waals surface area contributed by atoms with Crippen molar-refractivity contribution < 1.29 is 19.0 Å². The highest BCUT2D eigenvalue weighted by atomic mass is 35.5. The lowest BCUT2D eigenvalue weighted by atomic mass is 9.99. The molecule has 5 heteroatoms. The van der Waals surface area contributed by atoms with E-state index in [0.29, 0.717) is 33.4 Å². The summed E-state index contributed by atoms with van der Waals surface area (Å²) in [7, 11) is 4.68. The molecule has 0 spiro atoms. The van der Waals surface area contributed by atoms with Gasteiger partial charge in [0.1, 0.15) is 5.75 Å². The number of hydrogen-bond acceptors (Lipinski definition) is 4. The van der Waals surface area contributed by atoms with Crippen molar-refractivity contribution >= 4 is 23.5 Å². The fraction of sp³-hybridized carbons (Fsp3) is 0.250. The summed E-state index contributed by atoms with van der Waals surface area (Å²) in [6, 6.07) is 7.20. The summed E-state index contributed by atoms with van der Waals surface area (Å²) >= 11 is 6.28. The van der Waals surface area contributed by atoms with Crippen molar-refractivity contribution in [1.82, 2.24) is 0 Å². The zero-order valence-electron chi connectivity index (χ0n) is 15.0. The third-order valence-corrected chi connectivity index (χ3v) is 4.53. The number of aryl methyl sites for hydroxylation is 1. The van der Waals surface area contributed by atoms with Gasteiger partial charge in [-0.25, -0.2) is 0 Å². The van der Waals surface area contributed by atoms with E-state index in [1.54, 1.807) is 38.5 Å². The van der Waals surface area contributed by atoms with Crippen LogP contribution in [0, 0.1) is 13.8 Å². The van der Waals surface area contributed by atoms with Gasteiger partial charge in [0.05, 0.1) is 26.9 Å². The van der Waals surface area contributed by atoms with Crippen molar-refractivity contribution in [2.24, 2.45) is 0 Å². The van der Waals surface area contributed by atoms with Crippen LogP contribution in [0.3, 0.4) is 0 Å². The molecular formula is C20H21ClO4. The van der Waals surface area contributed by atoms with Crippen molar-refractivity contribution in [3.63, 3.8) is 0 Å². The Morgan fingerprint density at radius 2 is 1.60 bits per heavy atom. The van der Waals surface area contributed by atoms with Crippen LogP contribution in [0.2, 0.25) is 5.02 Å². The standard InChI is InChI=1S/C20H21ClO4/c1-12-10-18(25-5)19(13(2)20(12)21)15(22)8-6-14-7-9-16(23-3)17(11-14)24-4/h6-11H,1-5H3/b8-6+. The second-order valence-corrected chi connectivity index (χ2v) is 5.90. The van der Waals surface area contributed by atoms with Crippen LogP contribution in [-0.2, 0) is 0 Å². The summed E-state index contributed by atoms with van der Waals surface area (Å²) in [6.45, 7) is 3.70. The van der Waals surface area contributed by atoms with E-state index in [1.807, 2.05) is 19.9 Å². The van der Waals surface area contributed by atoms with Crippen molar-refractivity contribution in [3.05, 3.63) is 57.6 Å². The van der Waals surface area contributed by atoms with Gasteiger partial charge in [0.2, 0.25) is 0 Å². The molecule has 0 saturated carbocycles. The van der Waals surface area contributed by atoms with Gasteiger partial charge in [-0.05, 0) is 54.8 Å². The summed E-state index contributed by atoms with van der Waals surface area (Å²) in [5.41, 5.74) is 2.87. The lowest BCUT2D eigenvalue weighted by Crippen LogP contribution is -2.04. The maximum absolute atomic E-state index is 12.7. The topological polar surface area (TPSA) is 44.8 Å². The third-order valence-electron chi connectivity index (χ3n) is 3.95. The summed E-state index contributed by atoms with van der Waals surface area (Å²) in [4.78, 5) is 12.7. The number of carbonyl (C=O) groups is 1. The first-order chi connectivity index (χ1) is 11.9. The lowest BCUT2D eigenvalue weighted by molar-refractivity contribution is 0.104. The van der Waals surface area contributed by atoms with Crippen molar-refractivity contribution in [2.45, 2.75) is 13.8 Å². The van der Waals surface area contributed by atoms with Gasteiger partial charge in [0.15, 0.2) is 17.3 Å². The monoisotopic (exact) mass is 360 g/mol. The molecule has 0 fully saturated rings. The van der Waals surface area contributed by atoms with E-state index in [4.69, 9.17) is 25.8 Å². The van der Waals surface area contributed by atoms with Gasteiger partial charge < -0.3 is 14.2 Å². The highest BCUT2D eigenvalue weighted by molar-refractivity contribution is 6.33. The molecular weight excluding hydrogens is 340 g/mol. The van der Waals surface area contributed by atoms with Crippen LogP contribution in [0.5, 0.6) is 17.2 Å². The van der Waals surface area contributed by atoms with Gasteiger partial charge in [-0.2, -0.15) is 0 Å². The van der Waals surface area contributed by atoms with E-state index in [1.165, 1.54) is 13.2 Å². The van der Waals surface area contributed by atoms with E-state index in [9.17, 15) is 4.79 Å². The minimum atomic E-state index is -0.175. The van der Waals surface area contributed by atoms with Crippen LogP contribution in [0.15, 0.2) is 30.3 Å². The van der Waals surface area contributed by atoms with E-state index >= 15 is 0 Å². The van der Waals surface area contributed by atoms with Crippen LogP contribution in [-0.4, -0.2) is 27.1 Å². The first-order valence-electron chi connectivity index (χ1n) is 7.71. The summed E-state index contributed by atoms with van der Waals surface area (Å²) < 4.78 is 15.8. The molecule has 2 aromatic carbocycles. The second-order valence-electron chi connectivity index (χ2n) is 5.52. The SMILES string of the molecule is COc1ccc(/C=C/C(=O)c2c(OC)cc(C)c(Cl)c2C)cc1OC. The molecule has 0 heterocycles. The van der Waals surface area contributed by atoms with Crippen LogP contribution in [0.4, 0.5) is 0 Å². The highest BCUT2D eigenvalue weighted by Gasteiger charge is 2.17. The Balaban J connectivity index is 2.37. The average molecular weight is 361 g/mol. The lowest BCUT2D eigenvalue weighted by Gasteiger charge is -2.13. The van der Waals surface area contributed by atoms with Crippen LogP contribution in [0.25, 0.3) is 6.08 Å². The largest absolute Gasteiger partial charge is 0.496 e. The van der Waals surface area contributed by atoms with Gasteiger partial charge in [0.25, 0.3) is 0 Å². The first kappa shape index (κ1) is 18.9. The molecule has 0 aliphatic heterocycles. The maximum Gasteiger partial charge on any atom is 0.189 e. The molecule has 4 nitrogen and oxygen atoms in total. The minimum absolute atomic E-state index is 0.175. The summed E-state index contributed by atoms with van der Waals surface area (Å²) in [5, 5.41) is 0.573. The number of carbonyl (C=O) groups excluding carboxylic acids is 1. The number of methoxy groups -OCH3 is 3. The van der Waals surface area contributed by atoms with Crippen molar-refractivity contribution in [2.75, 3.05) is 21.3 Å². The van der Waals surface area contributed by atoms with E-state index < -0.39 is 0 Å². The molecule has 0 aromatic heterocycles. The Morgan fingerprint density at radius 3 is 2.20 bits per heavy atom. The zero-order valence-corrected chi connectivity index (χ0v) is 15.7. The zero-order chi connectivity index (χ0) is 18.6. The van der Waals surface area contributed by atoms with Crippen molar-refractivity contribution in [3.8, 4) is 17.2 Å². The number of allylic oxidation sites excluding steroid dienone is 1. The number of hydrogen-bond donors (Lipinski definition) is 0. The highest BCUT2D eigenvalue weighted by Crippen LogP contribution is 2.32. The second kappa shape index (κ2) is 8.08. The smallest absolute Gasteiger partial charge is 0.189 e. The molecule has 25 heavy (non-hydrogen) atoms. The van der Waals surface area contributed by atoms with E-state index in [2.05, 4.69) is 0 Å². The average Bonchev–Trinajstić information content (AvgIpc) is 2.63. The molecule has 0 amide bonds. The Hall–Kier alpha value is -2.46. The van der Waals surface area contributed by atoms with Crippen LogP contribution >= 0.6 is 11.6 Å². The molecule has 0 saturated heterocycles. The molecule has 0 N–H and O–H groups in total. The van der Waals surface area contributed by atoms with Crippen molar-refractivity contribution in [1.29, 1.82) is 0 Å². The van der Waals surface area contributed by atoms with Gasteiger partial charge in [0, 0.05) is 5.02 Å². The molecule has 132 valence electrons.